The van der Waals surface area contributed by atoms with Crippen molar-refractivity contribution in [2.45, 2.75) is 6.61 Å². The lowest BCUT2D eigenvalue weighted by Gasteiger charge is -2.08. The number of methoxy groups -OCH3 is 1. The van der Waals surface area contributed by atoms with E-state index in [4.69, 9.17) is 15.2 Å². The summed E-state index contributed by atoms with van der Waals surface area (Å²) in [6, 6.07) is 14.2. The van der Waals surface area contributed by atoms with Crippen molar-refractivity contribution in [3.63, 3.8) is 0 Å². The smallest absolute Gasteiger partial charge is 0.338 e. The van der Waals surface area contributed by atoms with Gasteiger partial charge in [-0.15, -0.1) is 0 Å². The standard InChI is InChI=1S/C15H15NO3/c1-18-14-8-7-11(9-13(14)16)10-19-15(17)12-5-3-2-4-6-12/h2-9H,10,16H2,1H3. The van der Waals surface area contributed by atoms with E-state index in [0.717, 1.165) is 5.56 Å². The Morgan fingerprint density at radius 1 is 1.16 bits per heavy atom. The Morgan fingerprint density at radius 3 is 2.53 bits per heavy atom. The number of benzene rings is 2. The van der Waals surface area contributed by atoms with Crippen LogP contribution in [-0.4, -0.2) is 13.1 Å². The molecule has 0 spiro atoms. The van der Waals surface area contributed by atoms with E-state index < -0.39 is 0 Å². The first-order chi connectivity index (χ1) is 9.20. The van der Waals surface area contributed by atoms with Crippen LogP contribution in [0.25, 0.3) is 0 Å². The van der Waals surface area contributed by atoms with E-state index in [1.807, 2.05) is 12.1 Å². The van der Waals surface area contributed by atoms with Crippen molar-refractivity contribution in [2.75, 3.05) is 12.8 Å². The Bertz CT molecular complexity index is 567. The van der Waals surface area contributed by atoms with E-state index in [2.05, 4.69) is 0 Å². The Kier molecular flexibility index (Phi) is 4.03. The lowest BCUT2D eigenvalue weighted by molar-refractivity contribution is 0.0473. The van der Waals surface area contributed by atoms with Crippen molar-refractivity contribution >= 4 is 11.7 Å². The van der Waals surface area contributed by atoms with E-state index in [9.17, 15) is 4.79 Å². The van der Waals surface area contributed by atoms with E-state index in [0.29, 0.717) is 17.0 Å². The molecule has 0 fully saturated rings. The number of nitrogens with two attached hydrogens (primary N) is 1. The zero-order chi connectivity index (χ0) is 13.7. The number of ether oxygens (including phenoxy) is 2. The molecule has 0 aliphatic heterocycles. The van der Waals surface area contributed by atoms with Crippen molar-refractivity contribution in [2.24, 2.45) is 0 Å². The Morgan fingerprint density at radius 2 is 1.89 bits per heavy atom. The van der Waals surface area contributed by atoms with E-state index in [-0.39, 0.29) is 12.6 Å². The normalized spacial score (nSPS) is 9.95. The summed E-state index contributed by atoms with van der Waals surface area (Å²) in [5, 5.41) is 0. The molecule has 4 heteroatoms. The molecule has 0 heterocycles. The highest BCUT2D eigenvalue weighted by atomic mass is 16.5. The van der Waals surface area contributed by atoms with Crippen LogP contribution in [0.3, 0.4) is 0 Å². The third-order valence-corrected chi connectivity index (χ3v) is 2.67. The number of esters is 1. The molecule has 0 saturated heterocycles. The summed E-state index contributed by atoms with van der Waals surface area (Å²) in [6.07, 6.45) is 0. The zero-order valence-electron chi connectivity index (χ0n) is 10.6. The van der Waals surface area contributed by atoms with Crippen LogP contribution in [0.15, 0.2) is 48.5 Å². The van der Waals surface area contributed by atoms with Gasteiger partial charge in [0.05, 0.1) is 18.4 Å². The summed E-state index contributed by atoms with van der Waals surface area (Å²) in [6.45, 7) is 0.182. The molecule has 2 rings (SSSR count). The summed E-state index contributed by atoms with van der Waals surface area (Å²) < 4.78 is 10.3. The zero-order valence-corrected chi connectivity index (χ0v) is 10.6. The van der Waals surface area contributed by atoms with Gasteiger partial charge in [-0.3, -0.25) is 0 Å². The van der Waals surface area contributed by atoms with Gasteiger partial charge in [-0.1, -0.05) is 24.3 Å². The van der Waals surface area contributed by atoms with Gasteiger partial charge in [0, 0.05) is 0 Å². The van der Waals surface area contributed by atoms with Crippen LogP contribution in [0.1, 0.15) is 15.9 Å². The summed E-state index contributed by atoms with van der Waals surface area (Å²) in [5.41, 5.74) is 7.66. The molecule has 0 unspecified atom stereocenters. The van der Waals surface area contributed by atoms with Crippen molar-refractivity contribution in [3.8, 4) is 5.75 Å². The Balaban J connectivity index is 1.99. The maximum atomic E-state index is 11.7. The fourth-order valence-electron chi connectivity index (χ4n) is 1.68. The molecule has 0 atom stereocenters. The van der Waals surface area contributed by atoms with E-state index in [1.165, 1.54) is 0 Å². The molecule has 2 aromatic carbocycles. The van der Waals surface area contributed by atoms with Crippen LogP contribution in [-0.2, 0) is 11.3 Å². The van der Waals surface area contributed by atoms with Crippen LogP contribution in [0, 0.1) is 0 Å². The molecule has 0 amide bonds. The average molecular weight is 257 g/mol. The number of carbonyl (C=O) groups excluding carboxylic acids is 1. The Labute approximate surface area is 111 Å². The number of hydrogen-bond donors (Lipinski definition) is 1. The molecular formula is C15H15NO3. The third-order valence-electron chi connectivity index (χ3n) is 2.67. The van der Waals surface area contributed by atoms with Gasteiger partial charge in [0.1, 0.15) is 12.4 Å². The van der Waals surface area contributed by atoms with Gasteiger partial charge >= 0.3 is 5.97 Å². The van der Waals surface area contributed by atoms with Crippen LogP contribution in [0.4, 0.5) is 5.69 Å². The summed E-state index contributed by atoms with van der Waals surface area (Å²) in [4.78, 5) is 11.7. The molecule has 0 saturated carbocycles. The van der Waals surface area contributed by atoms with Crippen molar-refractivity contribution in [1.29, 1.82) is 0 Å². The van der Waals surface area contributed by atoms with Gasteiger partial charge in [-0.05, 0) is 29.8 Å². The number of nitrogen functional groups attached to an aromatic ring is 1. The minimum Gasteiger partial charge on any atom is -0.495 e. The number of hydrogen-bond acceptors (Lipinski definition) is 4. The molecule has 0 bridgehead atoms. The molecule has 0 aliphatic rings. The molecular weight excluding hydrogens is 242 g/mol. The first kappa shape index (κ1) is 13.0. The summed E-state index contributed by atoms with van der Waals surface area (Å²) in [7, 11) is 1.56. The topological polar surface area (TPSA) is 61.5 Å². The fourth-order valence-corrected chi connectivity index (χ4v) is 1.68. The minimum atomic E-state index is -0.352. The fraction of sp³-hybridized carbons (Fsp3) is 0.133. The molecule has 19 heavy (non-hydrogen) atoms. The second-order valence-corrected chi connectivity index (χ2v) is 4.02. The first-order valence-corrected chi connectivity index (χ1v) is 5.85. The van der Waals surface area contributed by atoms with Crippen LogP contribution in [0.5, 0.6) is 5.75 Å². The van der Waals surface area contributed by atoms with Crippen LogP contribution >= 0.6 is 0 Å². The Hall–Kier alpha value is -2.49. The molecule has 0 aliphatic carbocycles. The summed E-state index contributed by atoms with van der Waals surface area (Å²) >= 11 is 0. The lowest BCUT2D eigenvalue weighted by Crippen LogP contribution is -2.05. The van der Waals surface area contributed by atoms with E-state index >= 15 is 0 Å². The van der Waals surface area contributed by atoms with E-state index in [1.54, 1.807) is 43.5 Å². The highest BCUT2D eigenvalue weighted by Gasteiger charge is 2.07. The van der Waals surface area contributed by atoms with Gasteiger partial charge in [-0.25, -0.2) is 4.79 Å². The largest absolute Gasteiger partial charge is 0.495 e. The highest BCUT2D eigenvalue weighted by Crippen LogP contribution is 2.22. The predicted molar refractivity (Wildman–Crippen MR) is 73.0 cm³/mol. The molecule has 0 aromatic heterocycles. The van der Waals surface area contributed by atoms with Crippen LogP contribution in [0.2, 0.25) is 0 Å². The highest BCUT2D eigenvalue weighted by molar-refractivity contribution is 5.89. The maximum Gasteiger partial charge on any atom is 0.338 e. The average Bonchev–Trinajstić information content (AvgIpc) is 2.46. The van der Waals surface area contributed by atoms with Crippen molar-refractivity contribution < 1.29 is 14.3 Å². The van der Waals surface area contributed by atoms with Gasteiger partial charge in [0.25, 0.3) is 0 Å². The number of anilines is 1. The quantitative estimate of drug-likeness (QED) is 0.675. The second-order valence-electron chi connectivity index (χ2n) is 4.02. The van der Waals surface area contributed by atoms with Crippen molar-refractivity contribution in [1.82, 2.24) is 0 Å². The minimum absolute atomic E-state index is 0.182. The maximum absolute atomic E-state index is 11.7. The van der Waals surface area contributed by atoms with Crippen LogP contribution < -0.4 is 10.5 Å². The molecule has 2 aromatic rings. The molecule has 4 nitrogen and oxygen atoms in total. The third kappa shape index (κ3) is 3.25. The predicted octanol–water partition coefficient (Wildman–Crippen LogP) is 2.63. The number of rotatable bonds is 4. The molecule has 0 radical (unpaired) electrons. The molecule has 98 valence electrons. The first-order valence-electron chi connectivity index (χ1n) is 5.85. The summed E-state index contributed by atoms with van der Waals surface area (Å²) in [5.74, 6) is 0.258. The molecule has 2 N–H and O–H groups in total. The monoisotopic (exact) mass is 257 g/mol. The number of carbonyl (C=O) groups is 1. The SMILES string of the molecule is COc1ccc(COC(=O)c2ccccc2)cc1N. The van der Waals surface area contributed by atoms with Gasteiger partial charge in [0.15, 0.2) is 0 Å². The second kappa shape index (κ2) is 5.91. The van der Waals surface area contributed by atoms with Gasteiger partial charge in [0.2, 0.25) is 0 Å². The lowest BCUT2D eigenvalue weighted by atomic mass is 10.2. The van der Waals surface area contributed by atoms with Gasteiger partial charge in [-0.2, -0.15) is 0 Å². The van der Waals surface area contributed by atoms with Crippen molar-refractivity contribution in [3.05, 3.63) is 59.7 Å². The van der Waals surface area contributed by atoms with Gasteiger partial charge < -0.3 is 15.2 Å².